The molecule has 1 aliphatic carbocycles. The number of rotatable bonds is 4. The number of ether oxygens (including phenoxy) is 1. The average molecular weight is 398 g/mol. The molecular weight excluding hydrogens is 371 g/mol. The van der Waals surface area contributed by atoms with Gasteiger partial charge >= 0.3 is 0 Å². The lowest BCUT2D eigenvalue weighted by Crippen LogP contribution is -2.44. The summed E-state index contributed by atoms with van der Waals surface area (Å²) in [6, 6.07) is 14.5. The highest BCUT2D eigenvalue weighted by Crippen LogP contribution is 2.32. The zero-order chi connectivity index (χ0) is 20.2. The highest BCUT2D eigenvalue weighted by atomic mass is 19.1. The fraction of sp³-hybridized carbons (Fsp3) is 0.435. The Labute approximate surface area is 170 Å². The monoisotopic (exact) mass is 398 g/mol. The predicted molar refractivity (Wildman–Crippen MR) is 108 cm³/mol. The number of benzene rings is 2. The molecule has 6 heteroatoms. The van der Waals surface area contributed by atoms with E-state index in [-0.39, 0.29) is 30.4 Å². The number of halogens is 1. The second-order valence-corrected chi connectivity index (χ2v) is 7.98. The van der Waals surface area contributed by atoms with Crippen molar-refractivity contribution in [3.63, 3.8) is 0 Å². The van der Waals surface area contributed by atoms with Gasteiger partial charge in [0.25, 0.3) is 0 Å². The van der Waals surface area contributed by atoms with Crippen molar-refractivity contribution < 1.29 is 19.0 Å². The first-order chi connectivity index (χ1) is 14.1. The number of nitrogens with one attached hydrogen (secondary N) is 1. The third kappa shape index (κ3) is 4.95. The van der Waals surface area contributed by atoms with Gasteiger partial charge in [0.05, 0.1) is 12.6 Å². The minimum Gasteiger partial charge on any atom is -0.484 e. The molecule has 0 unspecified atom stereocenters. The highest BCUT2D eigenvalue weighted by molar-refractivity contribution is 5.78. The summed E-state index contributed by atoms with van der Waals surface area (Å²) in [7, 11) is 0. The number of hydrogen-bond donors (Lipinski definition) is 2. The van der Waals surface area contributed by atoms with Crippen molar-refractivity contribution in [3.8, 4) is 5.75 Å². The maximum atomic E-state index is 14.4. The lowest BCUT2D eigenvalue weighted by molar-refractivity contribution is -0.123. The van der Waals surface area contributed by atoms with Gasteiger partial charge < -0.3 is 15.2 Å². The SMILES string of the molecule is O=C(CN1Cc2ccccc2O[C@@H](c2ccccc2F)C1)NC1CCC(O)CC1. The lowest BCUT2D eigenvalue weighted by atomic mass is 9.93. The molecule has 29 heavy (non-hydrogen) atoms. The quantitative estimate of drug-likeness (QED) is 0.831. The number of aliphatic hydroxyl groups excluding tert-OH is 1. The van der Waals surface area contributed by atoms with Crippen molar-refractivity contribution >= 4 is 5.91 Å². The fourth-order valence-electron chi connectivity index (χ4n) is 4.19. The van der Waals surface area contributed by atoms with E-state index in [1.807, 2.05) is 29.2 Å². The van der Waals surface area contributed by atoms with Crippen molar-refractivity contribution in [1.29, 1.82) is 0 Å². The van der Waals surface area contributed by atoms with Gasteiger partial charge in [-0.25, -0.2) is 4.39 Å². The van der Waals surface area contributed by atoms with Crippen molar-refractivity contribution in [2.45, 2.75) is 50.5 Å². The molecule has 1 aliphatic heterocycles. The van der Waals surface area contributed by atoms with Gasteiger partial charge in [0.2, 0.25) is 5.91 Å². The summed E-state index contributed by atoms with van der Waals surface area (Å²) in [5, 5.41) is 12.7. The molecule has 2 N–H and O–H groups in total. The number of hydrogen-bond acceptors (Lipinski definition) is 4. The van der Waals surface area contributed by atoms with Crippen LogP contribution in [0.3, 0.4) is 0 Å². The molecule has 1 saturated carbocycles. The number of carbonyl (C=O) groups excluding carboxylic acids is 1. The molecule has 0 saturated heterocycles. The Morgan fingerprint density at radius 2 is 1.83 bits per heavy atom. The maximum absolute atomic E-state index is 14.4. The summed E-state index contributed by atoms with van der Waals surface area (Å²) in [5.41, 5.74) is 1.48. The molecule has 2 aromatic carbocycles. The third-order valence-electron chi connectivity index (χ3n) is 5.74. The summed E-state index contributed by atoms with van der Waals surface area (Å²) in [6.07, 6.45) is 2.32. The van der Waals surface area contributed by atoms with E-state index in [9.17, 15) is 14.3 Å². The van der Waals surface area contributed by atoms with Crippen LogP contribution in [-0.4, -0.2) is 41.1 Å². The van der Waals surface area contributed by atoms with E-state index >= 15 is 0 Å². The van der Waals surface area contributed by atoms with Crippen LogP contribution in [0.15, 0.2) is 48.5 Å². The molecule has 2 aromatic rings. The Kier molecular flexibility index (Phi) is 6.11. The number of amides is 1. The van der Waals surface area contributed by atoms with Gasteiger partial charge in [0.1, 0.15) is 17.7 Å². The summed E-state index contributed by atoms with van der Waals surface area (Å²) in [5.74, 6) is 0.380. The van der Waals surface area contributed by atoms with Gasteiger partial charge in [-0.15, -0.1) is 0 Å². The number of aliphatic hydroxyl groups is 1. The summed E-state index contributed by atoms with van der Waals surface area (Å²) < 4.78 is 20.6. The fourth-order valence-corrected chi connectivity index (χ4v) is 4.19. The summed E-state index contributed by atoms with van der Waals surface area (Å²) >= 11 is 0. The molecule has 1 amide bonds. The van der Waals surface area contributed by atoms with Crippen LogP contribution < -0.4 is 10.1 Å². The molecule has 154 valence electrons. The van der Waals surface area contributed by atoms with Crippen molar-refractivity contribution in [3.05, 3.63) is 65.5 Å². The van der Waals surface area contributed by atoms with E-state index in [2.05, 4.69) is 5.32 Å². The average Bonchev–Trinajstić information content (AvgIpc) is 2.89. The van der Waals surface area contributed by atoms with Gasteiger partial charge in [-0.3, -0.25) is 9.69 Å². The zero-order valence-electron chi connectivity index (χ0n) is 16.4. The van der Waals surface area contributed by atoms with E-state index in [0.717, 1.165) is 37.0 Å². The van der Waals surface area contributed by atoms with E-state index in [1.54, 1.807) is 18.2 Å². The molecule has 5 nitrogen and oxygen atoms in total. The van der Waals surface area contributed by atoms with Gasteiger partial charge in [0.15, 0.2) is 0 Å². The molecular formula is C23H27FN2O3. The first kappa shape index (κ1) is 19.9. The van der Waals surface area contributed by atoms with Crippen LogP contribution in [0.5, 0.6) is 5.75 Å². The second kappa shape index (κ2) is 8.93. The lowest BCUT2D eigenvalue weighted by Gasteiger charge is -2.28. The largest absolute Gasteiger partial charge is 0.484 e. The number of nitrogens with zero attached hydrogens (tertiary/aromatic N) is 1. The smallest absolute Gasteiger partial charge is 0.234 e. The first-order valence-electron chi connectivity index (χ1n) is 10.3. The van der Waals surface area contributed by atoms with E-state index < -0.39 is 6.10 Å². The topological polar surface area (TPSA) is 61.8 Å². The Morgan fingerprint density at radius 3 is 2.62 bits per heavy atom. The van der Waals surface area contributed by atoms with Crippen molar-refractivity contribution in [2.24, 2.45) is 0 Å². The Bertz CT molecular complexity index is 852. The molecule has 1 fully saturated rings. The molecule has 4 rings (SSSR count). The number of para-hydroxylation sites is 1. The van der Waals surface area contributed by atoms with Crippen LogP contribution in [0.2, 0.25) is 0 Å². The summed E-state index contributed by atoms with van der Waals surface area (Å²) in [4.78, 5) is 14.7. The Morgan fingerprint density at radius 1 is 1.10 bits per heavy atom. The Hall–Kier alpha value is -2.44. The zero-order valence-corrected chi connectivity index (χ0v) is 16.4. The molecule has 1 atom stereocenters. The van der Waals surface area contributed by atoms with Gasteiger partial charge in [-0.2, -0.15) is 0 Å². The van der Waals surface area contributed by atoms with Crippen LogP contribution in [0.4, 0.5) is 4.39 Å². The van der Waals surface area contributed by atoms with Crippen LogP contribution in [0.25, 0.3) is 0 Å². The van der Waals surface area contributed by atoms with Crippen molar-refractivity contribution in [2.75, 3.05) is 13.1 Å². The van der Waals surface area contributed by atoms with E-state index in [0.29, 0.717) is 18.7 Å². The second-order valence-electron chi connectivity index (χ2n) is 7.98. The van der Waals surface area contributed by atoms with Gasteiger partial charge in [0, 0.05) is 30.3 Å². The van der Waals surface area contributed by atoms with Crippen molar-refractivity contribution in [1.82, 2.24) is 10.2 Å². The molecule has 0 aromatic heterocycles. The first-order valence-corrected chi connectivity index (χ1v) is 10.3. The van der Waals surface area contributed by atoms with Gasteiger partial charge in [-0.05, 0) is 37.8 Å². The minimum atomic E-state index is -0.488. The molecule has 0 spiro atoms. The standard InChI is InChI=1S/C23H27FN2O3/c24-20-7-3-2-6-19(20)22-14-26(13-16-5-1-4-8-21(16)29-22)15-23(28)25-17-9-11-18(27)12-10-17/h1-8,17-18,22,27H,9-15H2,(H,25,28)/t17?,18?,22-/m1/s1. The Balaban J connectivity index is 1.48. The summed E-state index contributed by atoms with van der Waals surface area (Å²) in [6.45, 7) is 1.21. The third-order valence-corrected chi connectivity index (χ3v) is 5.74. The van der Waals surface area contributed by atoms with Crippen LogP contribution in [0, 0.1) is 5.82 Å². The molecule has 0 radical (unpaired) electrons. The molecule has 1 heterocycles. The van der Waals surface area contributed by atoms with Crippen LogP contribution >= 0.6 is 0 Å². The molecule has 2 aliphatic rings. The minimum absolute atomic E-state index is 0.0435. The van der Waals surface area contributed by atoms with E-state index in [4.69, 9.17) is 4.74 Å². The maximum Gasteiger partial charge on any atom is 0.234 e. The van der Waals surface area contributed by atoms with Crippen LogP contribution in [-0.2, 0) is 11.3 Å². The van der Waals surface area contributed by atoms with E-state index in [1.165, 1.54) is 6.07 Å². The van der Waals surface area contributed by atoms with Crippen LogP contribution in [0.1, 0.15) is 42.9 Å². The number of carbonyl (C=O) groups is 1. The highest BCUT2D eigenvalue weighted by Gasteiger charge is 2.28. The van der Waals surface area contributed by atoms with Gasteiger partial charge in [-0.1, -0.05) is 36.4 Å². The normalized spacial score (nSPS) is 24.8. The number of fused-ring (bicyclic) bond motifs is 1. The predicted octanol–water partition coefficient (Wildman–Crippen LogP) is 3.18. The molecule has 0 bridgehead atoms.